The smallest absolute Gasteiger partial charge is 0.343 e. The maximum Gasteiger partial charge on any atom is 0.343 e. The Morgan fingerprint density at radius 2 is 1.93 bits per heavy atom. The van der Waals surface area contributed by atoms with E-state index < -0.39 is 22.9 Å². The molecule has 0 N–H and O–H groups in total. The van der Waals surface area contributed by atoms with Gasteiger partial charge >= 0.3 is 5.97 Å². The minimum atomic E-state index is -0.580. The molecule has 150 valence electrons. The fourth-order valence-electron chi connectivity index (χ4n) is 2.49. The van der Waals surface area contributed by atoms with E-state index in [4.69, 9.17) is 16.3 Å². The van der Waals surface area contributed by atoms with Crippen LogP contribution in [0.15, 0.2) is 47.4 Å². The number of hydrogen-bond donors (Lipinski definition) is 0. The molecule has 0 radical (unpaired) electrons. The van der Waals surface area contributed by atoms with E-state index in [1.807, 2.05) is 0 Å². The second-order valence-corrected chi connectivity index (χ2v) is 7.30. The van der Waals surface area contributed by atoms with Crippen molar-refractivity contribution in [2.24, 2.45) is 0 Å². The topological polar surface area (TPSA) is 72.9 Å². The highest BCUT2D eigenvalue weighted by Gasteiger charge is 2.35. The molecular weight excluding hydrogens is 421 g/mol. The van der Waals surface area contributed by atoms with Crippen LogP contribution in [0.3, 0.4) is 0 Å². The van der Waals surface area contributed by atoms with Crippen LogP contribution in [0.4, 0.5) is 9.18 Å². The van der Waals surface area contributed by atoms with Crippen LogP contribution in [0, 0.1) is 5.82 Å². The lowest BCUT2D eigenvalue weighted by Gasteiger charge is -2.14. The van der Waals surface area contributed by atoms with E-state index in [1.54, 1.807) is 30.3 Å². The van der Waals surface area contributed by atoms with Gasteiger partial charge in [-0.1, -0.05) is 29.8 Å². The molecule has 9 heteroatoms. The molecule has 0 saturated carbocycles. The number of rotatable bonds is 6. The average Bonchev–Trinajstić information content (AvgIpc) is 2.97. The van der Waals surface area contributed by atoms with Gasteiger partial charge in [0.2, 0.25) is 0 Å². The van der Waals surface area contributed by atoms with Crippen LogP contribution in [0.5, 0.6) is 5.75 Å². The standard InChI is InChI=1S/C20H15ClFNO5S/c1-27-18(24)11-28-13-7-5-12(6-8-13)9-17-19(25)23(20(26)29-17)10-14-15(21)3-2-4-16(14)22/h2-9H,10-11H2,1H3/b17-9-. The van der Waals surface area contributed by atoms with Gasteiger partial charge in [-0.3, -0.25) is 14.5 Å². The van der Waals surface area contributed by atoms with Crippen molar-refractivity contribution in [3.05, 3.63) is 69.3 Å². The quantitative estimate of drug-likeness (QED) is 0.498. The number of thioether (sulfide) groups is 1. The van der Waals surface area contributed by atoms with Crippen LogP contribution in [0.2, 0.25) is 5.02 Å². The highest BCUT2D eigenvalue weighted by molar-refractivity contribution is 8.18. The van der Waals surface area contributed by atoms with Gasteiger partial charge in [-0.15, -0.1) is 0 Å². The van der Waals surface area contributed by atoms with E-state index in [-0.39, 0.29) is 28.6 Å². The molecule has 3 rings (SSSR count). The van der Waals surface area contributed by atoms with Gasteiger partial charge in [0.25, 0.3) is 11.1 Å². The molecular formula is C20H15ClFNO5S. The van der Waals surface area contributed by atoms with Gasteiger partial charge in [0.05, 0.1) is 18.6 Å². The number of carbonyl (C=O) groups excluding carboxylic acids is 3. The summed E-state index contributed by atoms with van der Waals surface area (Å²) >= 11 is 6.76. The van der Waals surface area contributed by atoms with Crippen molar-refractivity contribution in [2.45, 2.75) is 6.54 Å². The first kappa shape index (κ1) is 20.9. The van der Waals surface area contributed by atoms with Crippen LogP contribution in [0.1, 0.15) is 11.1 Å². The maximum absolute atomic E-state index is 14.0. The first-order valence-corrected chi connectivity index (χ1v) is 9.56. The van der Waals surface area contributed by atoms with Crippen molar-refractivity contribution in [2.75, 3.05) is 13.7 Å². The summed E-state index contributed by atoms with van der Waals surface area (Å²) in [6.07, 6.45) is 1.55. The predicted molar refractivity (Wildman–Crippen MR) is 107 cm³/mol. The van der Waals surface area contributed by atoms with E-state index in [0.717, 1.165) is 16.7 Å². The van der Waals surface area contributed by atoms with Gasteiger partial charge in [0.1, 0.15) is 11.6 Å². The van der Waals surface area contributed by atoms with E-state index in [2.05, 4.69) is 4.74 Å². The SMILES string of the molecule is COC(=O)COc1ccc(/C=C2\SC(=O)N(Cc3c(F)cccc3Cl)C2=O)cc1. The molecule has 0 aromatic heterocycles. The third-order valence-corrected chi connectivity index (χ3v) is 5.28. The Hall–Kier alpha value is -2.84. The molecule has 2 aromatic carbocycles. The Morgan fingerprint density at radius 3 is 2.59 bits per heavy atom. The summed E-state index contributed by atoms with van der Waals surface area (Å²) in [5.41, 5.74) is 0.745. The second-order valence-electron chi connectivity index (χ2n) is 5.90. The third kappa shape index (κ3) is 4.96. The second kappa shape index (κ2) is 9.11. The summed E-state index contributed by atoms with van der Waals surface area (Å²) in [7, 11) is 1.27. The number of halogens is 2. The third-order valence-electron chi connectivity index (χ3n) is 4.01. The zero-order valence-electron chi connectivity index (χ0n) is 15.2. The summed E-state index contributed by atoms with van der Waals surface area (Å²) in [5.74, 6) is -1.15. The molecule has 2 amide bonds. The normalized spacial score (nSPS) is 15.1. The first-order valence-electron chi connectivity index (χ1n) is 8.37. The van der Waals surface area contributed by atoms with Crippen LogP contribution in [-0.2, 0) is 20.9 Å². The number of esters is 1. The van der Waals surface area contributed by atoms with Crippen molar-refractivity contribution in [3.8, 4) is 5.75 Å². The number of carbonyl (C=O) groups is 3. The molecule has 6 nitrogen and oxygen atoms in total. The molecule has 1 aliphatic rings. The van der Waals surface area contributed by atoms with Gasteiger partial charge in [0, 0.05) is 10.6 Å². The number of ether oxygens (including phenoxy) is 2. The molecule has 0 unspecified atom stereocenters. The molecule has 0 atom stereocenters. The van der Waals surface area contributed by atoms with Crippen molar-refractivity contribution < 1.29 is 28.2 Å². The first-order chi connectivity index (χ1) is 13.9. The molecule has 0 bridgehead atoms. The van der Waals surface area contributed by atoms with Gasteiger partial charge in [-0.05, 0) is 47.7 Å². The minimum absolute atomic E-state index is 0.0878. The van der Waals surface area contributed by atoms with Crippen molar-refractivity contribution >= 4 is 46.6 Å². The maximum atomic E-state index is 14.0. The number of methoxy groups -OCH3 is 1. The van der Waals surface area contributed by atoms with E-state index in [1.165, 1.54) is 25.3 Å². The zero-order chi connectivity index (χ0) is 21.0. The van der Waals surface area contributed by atoms with Crippen LogP contribution in [-0.4, -0.2) is 35.7 Å². The predicted octanol–water partition coefficient (Wildman–Crippen LogP) is 4.27. The number of amides is 2. The summed E-state index contributed by atoms with van der Waals surface area (Å²) in [6, 6.07) is 10.8. The molecule has 0 spiro atoms. The highest BCUT2D eigenvalue weighted by Crippen LogP contribution is 2.34. The summed E-state index contributed by atoms with van der Waals surface area (Å²) in [5, 5.41) is -0.353. The fourth-order valence-corrected chi connectivity index (χ4v) is 3.55. The largest absolute Gasteiger partial charge is 0.482 e. The molecule has 1 fully saturated rings. The molecule has 2 aromatic rings. The lowest BCUT2D eigenvalue weighted by Crippen LogP contribution is -2.28. The summed E-state index contributed by atoms with van der Waals surface area (Å²) in [4.78, 5) is 37.1. The molecule has 29 heavy (non-hydrogen) atoms. The Kier molecular flexibility index (Phi) is 6.56. The lowest BCUT2D eigenvalue weighted by atomic mass is 10.2. The highest BCUT2D eigenvalue weighted by atomic mass is 35.5. The minimum Gasteiger partial charge on any atom is -0.482 e. The van der Waals surface area contributed by atoms with Gasteiger partial charge in [0.15, 0.2) is 6.61 Å². The summed E-state index contributed by atoms with van der Waals surface area (Å²) in [6.45, 7) is -0.457. The molecule has 1 aliphatic heterocycles. The zero-order valence-corrected chi connectivity index (χ0v) is 16.8. The molecule has 1 saturated heterocycles. The van der Waals surface area contributed by atoms with Crippen LogP contribution >= 0.6 is 23.4 Å². The van der Waals surface area contributed by atoms with E-state index >= 15 is 0 Å². The van der Waals surface area contributed by atoms with Gasteiger partial charge in [-0.25, -0.2) is 9.18 Å². The monoisotopic (exact) mass is 435 g/mol. The van der Waals surface area contributed by atoms with Crippen molar-refractivity contribution in [1.82, 2.24) is 4.90 Å². The van der Waals surface area contributed by atoms with Crippen LogP contribution < -0.4 is 4.74 Å². The number of hydrogen-bond acceptors (Lipinski definition) is 6. The molecule has 0 aliphatic carbocycles. The Bertz CT molecular complexity index is 973. The number of imide groups is 1. The summed E-state index contributed by atoms with van der Waals surface area (Å²) < 4.78 is 23.7. The van der Waals surface area contributed by atoms with Crippen molar-refractivity contribution in [1.29, 1.82) is 0 Å². The number of benzene rings is 2. The Labute approximate surface area is 175 Å². The van der Waals surface area contributed by atoms with E-state index in [0.29, 0.717) is 11.3 Å². The fraction of sp³-hybridized carbons (Fsp3) is 0.150. The van der Waals surface area contributed by atoms with Gasteiger partial charge in [-0.2, -0.15) is 0 Å². The number of nitrogens with zero attached hydrogens (tertiary/aromatic N) is 1. The van der Waals surface area contributed by atoms with Crippen molar-refractivity contribution in [3.63, 3.8) is 0 Å². The Balaban J connectivity index is 1.72. The van der Waals surface area contributed by atoms with Gasteiger partial charge < -0.3 is 9.47 Å². The van der Waals surface area contributed by atoms with E-state index in [9.17, 15) is 18.8 Å². The lowest BCUT2D eigenvalue weighted by molar-refractivity contribution is -0.142. The average molecular weight is 436 g/mol. The Morgan fingerprint density at radius 1 is 1.21 bits per heavy atom. The molecule has 1 heterocycles. The van der Waals surface area contributed by atoms with Crippen LogP contribution in [0.25, 0.3) is 6.08 Å².